The minimum Gasteiger partial charge on any atom is -0.348 e. The molecule has 0 bridgehead atoms. The first kappa shape index (κ1) is 19.1. The first-order valence-corrected chi connectivity index (χ1v) is 9.77. The van der Waals surface area contributed by atoms with Crippen LogP contribution in [0.15, 0.2) is 53.4 Å². The Kier molecular flexibility index (Phi) is 6.33. The molecule has 0 heterocycles. The Balaban J connectivity index is 2.25. The molecule has 2 aromatic rings. The molecule has 0 spiro atoms. The normalized spacial score (nSPS) is 11.5. The second-order valence-corrected chi connectivity index (χ2v) is 7.67. The summed E-state index contributed by atoms with van der Waals surface area (Å²) in [5.74, 6) is -0.280. The van der Waals surface area contributed by atoms with E-state index < -0.39 is 10.0 Å². The molecule has 2 aromatic carbocycles. The van der Waals surface area contributed by atoms with Crippen molar-refractivity contribution in [2.24, 2.45) is 0 Å². The van der Waals surface area contributed by atoms with Gasteiger partial charge in [-0.1, -0.05) is 50.2 Å². The summed E-state index contributed by atoms with van der Waals surface area (Å²) in [7, 11) is -3.59. The highest BCUT2D eigenvalue weighted by molar-refractivity contribution is 7.89. The second kappa shape index (κ2) is 8.27. The van der Waals surface area contributed by atoms with E-state index in [2.05, 4.69) is 5.32 Å². The summed E-state index contributed by atoms with van der Waals surface area (Å²) in [6.45, 7) is 6.56. The predicted octanol–water partition coefficient (Wildman–Crippen LogP) is 2.96. The van der Waals surface area contributed by atoms with Crippen molar-refractivity contribution in [2.45, 2.75) is 32.2 Å². The lowest BCUT2D eigenvalue weighted by Gasteiger charge is -2.19. The zero-order valence-electron chi connectivity index (χ0n) is 14.8. The van der Waals surface area contributed by atoms with E-state index in [9.17, 15) is 13.2 Å². The van der Waals surface area contributed by atoms with E-state index in [0.29, 0.717) is 25.2 Å². The topological polar surface area (TPSA) is 66.5 Å². The van der Waals surface area contributed by atoms with E-state index in [4.69, 9.17) is 0 Å². The maximum atomic E-state index is 12.7. The summed E-state index contributed by atoms with van der Waals surface area (Å²) in [6, 6.07) is 14.3. The van der Waals surface area contributed by atoms with Crippen molar-refractivity contribution in [3.05, 3.63) is 65.2 Å². The number of nitrogens with zero attached hydrogens (tertiary/aromatic N) is 1. The van der Waals surface area contributed by atoms with Crippen LogP contribution in [-0.4, -0.2) is 31.7 Å². The van der Waals surface area contributed by atoms with E-state index in [1.807, 2.05) is 30.3 Å². The van der Waals surface area contributed by atoms with Gasteiger partial charge in [0.25, 0.3) is 5.91 Å². The maximum absolute atomic E-state index is 12.7. The predicted molar refractivity (Wildman–Crippen MR) is 98.9 cm³/mol. The molecule has 0 atom stereocenters. The number of rotatable bonds is 7. The van der Waals surface area contributed by atoms with Crippen LogP contribution in [0.1, 0.15) is 35.3 Å². The van der Waals surface area contributed by atoms with Gasteiger partial charge in [0.05, 0.1) is 4.90 Å². The van der Waals surface area contributed by atoms with Gasteiger partial charge >= 0.3 is 0 Å². The molecular weight excluding hydrogens is 336 g/mol. The van der Waals surface area contributed by atoms with Crippen LogP contribution in [0.5, 0.6) is 0 Å². The van der Waals surface area contributed by atoms with E-state index in [0.717, 1.165) is 11.1 Å². The first-order valence-electron chi connectivity index (χ1n) is 8.33. The van der Waals surface area contributed by atoms with Crippen molar-refractivity contribution in [3.8, 4) is 0 Å². The lowest BCUT2D eigenvalue weighted by Crippen LogP contribution is -2.31. The number of nitrogens with one attached hydrogen (secondary N) is 1. The van der Waals surface area contributed by atoms with Crippen molar-refractivity contribution in [1.29, 1.82) is 0 Å². The van der Waals surface area contributed by atoms with Crippen molar-refractivity contribution in [2.75, 3.05) is 13.1 Å². The molecular formula is C19H24N2O3S. The zero-order chi connectivity index (χ0) is 18.4. The monoisotopic (exact) mass is 360 g/mol. The van der Waals surface area contributed by atoms with Gasteiger partial charge in [-0.25, -0.2) is 8.42 Å². The third-order valence-electron chi connectivity index (χ3n) is 4.09. The fourth-order valence-electron chi connectivity index (χ4n) is 2.59. The highest BCUT2D eigenvalue weighted by atomic mass is 32.2. The summed E-state index contributed by atoms with van der Waals surface area (Å²) >= 11 is 0. The Hall–Kier alpha value is -2.18. The maximum Gasteiger partial charge on any atom is 0.251 e. The van der Waals surface area contributed by atoms with Crippen molar-refractivity contribution >= 4 is 15.9 Å². The summed E-state index contributed by atoms with van der Waals surface area (Å²) in [5, 5.41) is 2.84. The van der Waals surface area contributed by atoms with E-state index in [-0.39, 0.29) is 10.8 Å². The molecule has 25 heavy (non-hydrogen) atoms. The number of hydrogen-bond acceptors (Lipinski definition) is 3. The molecule has 0 aliphatic carbocycles. The molecule has 0 saturated heterocycles. The van der Waals surface area contributed by atoms with E-state index in [1.165, 1.54) is 10.4 Å². The van der Waals surface area contributed by atoms with Crippen molar-refractivity contribution < 1.29 is 13.2 Å². The summed E-state index contributed by atoms with van der Waals surface area (Å²) in [4.78, 5) is 12.7. The molecule has 134 valence electrons. The first-order chi connectivity index (χ1) is 11.9. The average molecular weight is 360 g/mol. The molecule has 0 aliphatic rings. The molecule has 6 heteroatoms. The highest BCUT2D eigenvalue weighted by Gasteiger charge is 2.23. The van der Waals surface area contributed by atoms with Crippen LogP contribution in [0.3, 0.4) is 0 Å². The third kappa shape index (κ3) is 4.46. The lowest BCUT2D eigenvalue weighted by molar-refractivity contribution is 0.0950. The van der Waals surface area contributed by atoms with Crippen LogP contribution in [0, 0.1) is 6.92 Å². The quantitative estimate of drug-likeness (QED) is 0.825. The van der Waals surface area contributed by atoms with Gasteiger partial charge in [0.2, 0.25) is 10.0 Å². The molecule has 2 rings (SSSR count). The zero-order valence-corrected chi connectivity index (χ0v) is 15.6. The molecule has 5 nitrogen and oxygen atoms in total. The number of benzene rings is 2. The van der Waals surface area contributed by atoms with Gasteiger partial charge in [0.1, 0.15) is 0 Å². The van der Waals surface area contributed by atoms with E-state index in [1.54, 1.807) is 32.9 Å². The van der Waals surface area contributed by atoms with Crippen molar-refractivity contribution in [1.82, 2.24) is 9.62 Å². The second-order valence-electron chi connectivity index (χ2n) is 5.73. The Morgan fingerprint density at radius 2 is 1.68 bits per heavy atom. The summed E-state index contributed by atoms with van der Waals surface area (Å²) < 4.78 is 26.7. The standard InChI is InChI=1S/C19H24N2O3S/c1-4-21(5-2)25(23,24)17-12-11-15(3)18(13-17)19(22)20-14-16-9-7-6-8-10-16/h6-13H,4-5,14H2,1-3H3,(H,20,22). The molecule has 0 aromatic heterocycles. The van der Waals surface area contributed by atoms with Crippen LogP contribution in [0.2, 0.25) is 0 Å². The van der Waals surface area contributed by atoms with Gasteiger partial charge in [-0.3, -0.25) is 4.79 Å². The number of aryl methyl sites for hydroxylation is 1. The fourth-order valence-corrected chi connectivity index (χ4v) is 4.08. The van der Waals surface area contributed by atoms with Gasteiger partial charge < -0.3 is 5.32 Å². The Bertz CT molecular complexity index is 829. The van der Waals surface area contributed by atoms with Gasteiger partial charge in [-0.05, 0) is 30.2 Å². The molecule has 1 amide bonds. The largest absolute Gasteiger partial charge is 0.348 e. The number of carbonyl (C=O) groups excluding carboxylic acids is 1. The molecule has 0 unspecified atom stereocenters. The van der Waals surface area contributed by atoms with Crippen molar-refractivity contribution in [3.63, 3.8) is 0 Å². The summed E-state index contributed by atoms with van der Waals surface area (Å²) in [6.07, 6.45) is 0. The lowest BCUT2D eigenvalue weighted by atomic mass is 10.1. The van der Waals surface area contributed by atoms with Crippen LogP contribution in [0.4, 0.5) is 0 Å². The Morgan fingerprint density at radius 3 is 2.28 bits per heavy atom. The van der Waals surface area contributed by atoms with Crippen LogP contribution in [-0.2, 0) is 16.6 Å². The Morgan fingerprint density at radius 1 is 1.04 bits per heavy atom. The molecule has 0 fully saturated rings. The highest BCUT2D eigenvalue weighted by Crippen LogP contribution is 2.19. The van der Waals surface area contributed by atoms with E-state index >= 15 is 0 Å². The average Bonchev–Trinajstić information content (AvgIpc) is 2.61. The summed E-state index contributed by atoms with van der Waals surface area (Å²) in [5.41, 5.74) is 2.11. The van der Waals surface area contributed by atoms with Crippen LogP contribution >= 0.6 is 0 Å². The number of sulfonamides is 1. The van der Waals surface area contributed by atoms with Crippen LogP contribution < -0.4 is 5.32 Å². The Labute approximate surface area is 149 Å². The molecule has 1 N–H and O–H groups in total. The SMILES string of the molecule is CCN(CC)S(=O)(=O)c1ccc(C)c(C(=O)NCc2ccccc2)c1. The molecule has 0 aliphatic heterocycles. The smallest absolute Gasteiger partial charge is 0.251 e. The minimum atomic E-state index is -3.59. The van der Waals surface area contributed by atoms with Gasteiger partial charge in [-0.15, -0.1) is 0 Å². The van der Waals surface area contributed by atoms with Gasteiger partial charge in [-0.2, -0.15) is 4.31 Å². The van der Waals surface area contributed by atoms with Gasteiger partial charge in [0, 0.05) is 25.2 Å². The number of hydrogen-bond donors (Lipinski definition) is 1. The van der Waals surface area contributed by atoms with Crippen LogP contribution in [0.25, 0.3) is 0 Å². The van der Waals surface area contributed by atoms with Gasteiger partial charge in [0.15, 0.2) is 0 Å². The number of amides is 1. The molecule has 0 saturated carbocycles. The molecule has 0 radical (unpaired) electrons. The third-order valence-corrected chi connectivity index (χ3v) is 6.14. The minimum absolute atomic E-state index is 0.145. The fraction of sp³-hybridized carbons (Fsp3) is 0.316. The number of carbonyl (C=O) groups is 1.